The molecule has 0 aliphatic heterocycles. The number of amidine groups is 1. The molecule has 9 nitrogen and oxygen atoms in total. The number of hydrogen-bond acceptors (Lipinski definition) is 8. The summed E-state index contributed by atoms with van der Waals surface area (Å²) >= 11 is 0. The van der Waals surface area contributed by atoms with Crippen molar-refractivity contribution in [3.63, 3.8) is 0 Å². The molecule has 43 heavy (non-hydrogen) atoms. The van der Waals surface area contributed by atoms with Gasteiger partial charge in [0.1, 0.15) is 24.8 Å². The minimum atomic E-state index is -0.331. The number of methoxy groups -OCH3 is 1. The Bertz CT molecular complexity index is 1730. The van der Waals surface area contributed by atoms with E-state index in [0.717, 1.165) is 33.3 Å². The van der Waals surface area contributed by atoms with Crippen LogP contribution >= 0.6 is 0 Å². The van der Waals surface area contributed by atoms with Crippen molar-refractivity contribution in [1.29, 1.82) is 5.41 Å². The Hall–Kier alpha value is -5.15. The van der Waals surface area contributed by atoms with Crippen LogP contribution in [0.25, 0.3) is 22.1 Å². The maximum absolute atomic E-state index is 12.3. The number of furan rings is 1. The lowest BCUT2D eigenvalue weighted by Crippen LogP contribution is -2.10. The van der Waals surface area contributed by atoms with E-state index in [2.05, 4.69) is 4.98 Å². The van der Waals surface area contributed by atoms with Gasteiger partial charge in [0.25, 0.3) is 0 Å². The van der Waals surface area contributed by atoms with Crippen LogP contribution in [0.5, 0.6) is 11.5 Å². The summed E-state index contributed by atoms with van der Waals surface area (Å²) in [4.78, 5) is 16.7. The monoisotopic (exact) mass is 579 g/mol. The number of nitrogens with two attached hydrogens (primary N) is 1. The van der Waals surface area contributed by atoms with Gasteiger partial charge in [-0.15, -0.1) is 0 Å². The van der Waals surface area contributed by atoms with Crippen LogP contribution in [0, 0.1) is 5.41 Å². The third kappa shape index (κ3) is 7.20. The first-order valence-electron chi connectivity index (χ1n) is 13.9. The molecule has 0 fully saturated rings. The molecule has 5 aromatic rings. The van der Waals surface area contributed by atoms with Crippen molar-refractivity contribution in [2.45, 2.75) is 33.2 Å². The summed E-state index contributed by atoms with van der Waals surface area (Å²) < 4.78 is 28.9. The zero-order valence-corrected chi connectivity index (χ0v) is 24.1. The first-order valence-corrected chi connectivity index (χ1v) is 13.9. The third-order valence-electron chi connectivity index (χ3n) is 6.79. The number of nitrogens with zero attached hydrogens (tertiary/aromatic N) is 1. The van der Waals surface area contributed by atoms with E-state index in [1.165, 1.54) is 0 Å². The Morgan fingerprint density at radius 2 is 1.77 bits per heavy atom. The van der Waals surface area contributed by atoms with Crippen LogP contribution in [0.4, 0.5) is 0 Å². The second-order valence-electron chi connectivity index (χ2n) is 9.86. The van der Waals surface area contributed by atoms with Crippen LogP contribution in [0.15, 0.2) is 89.7 Å². The van der Waals surface area contributed by atoms with Gasteiger partial charge in [-0.2, -0.15) is 0 Å². The van der Waals surface area contributed by atoms with E-state index < -0.39 is 0 Å². The first kappa shape index (κ1) is 29.3. The van der Waals surface area contributed by atoms with Crippen molar-refractivity contribution in [3.8, 4) is 22.6 Å². The maximum atomic E-state index is 12.3. The molecule has 0 bridgehead atoms. The van der Waals surface area contributed by atoms with Gasteiger partial charge >= 0.3 is 5.97 Å². The van der Waals surface area contributed by atoms with Crippen LogP contribution in [-0.2, 0) is 40.5 Å². The summed E-state index contributed by atoms with van der Waals surface area (Å²) in [6, 6.07) is 22.7. The van der Waals surface area contributed by atoms with Gasteiger partial charge < -0.3 is 29.1 Å². The number of esters is 1. The van der Waals surface area contributed by atoms with Crippen molar-refractivity contribution >= 4 is 22.8 Å². The lowest BCUT2D eigenvalue weighted by Gasteiger charge is -2.13. The molecule has 2 heterocycles. The molecule has 0 aliphatic rings. The zero-order chi connectivity index (χ0) is 30.2. The van der Waals surface area contributed by atoms with Gasteiger partial charge in [-0.25, -0.2) is 0 Å². The Balaban J connectivity index is 1.49. The first-order chi connectivity index (χ1) is 20.9. The van der Waals surface area contributed by atoms with Crippen molar-refractivity contribution in [2.75, 3.05) is 13.7 Å². The van der Waals surface area contributed by atoms with E-state index in [4.69, 9.17) is 34.5 Å². The van der Waals surface area contributed by atoms with Crippen LogP contribution < -0.4 is 15.2 Å². The molecule has 2 aromatic heterocycles. The SMILES string of the molecule is CCOC(=O)Cc1cc(COC)ccc1OCc1coc2c(OCc3ccccn3)cc(-c3cccc(C(=N)N)c3)cc12. The number of hydrogen-bond donors (Lipinski definition) is 2. The standard InChI is InChI=1S/C34H33N3O6/c1-3-40-32(38)17-26-13-22(18-39-2)10-11-30(26)41-19-27-20-43-33-29(27)15-25(23-7-6-8-24(14-23)34(35)36)16-31(33)42-21-28-9-4-5-12-37-28/h4-16,20H,3,17-19,21H2,1-2H3,(H3,35,36). The summed E-state index contributed by atoms with van der Waals surface area (Å²) in [6.07, 6.45) is 3.45. The largest absolute Gasteiger partial charge is 0.488 e. The number of pyridine rings is 1. The molecule has 220 valence electrons. The predicted molar refractivity (Wildman–Crippen MR) is 163 cm³/mol. The minimum absolute atomic E-state index is 0.0120. The highest BCUT2D eigenvalue weighted by Crippen LogP contribution is 2.37. The predicted octanol–water partition coefficient (Wildman–Crippen LogP) is 6.19. The highest BCUT2D eigenvalue weighted by Gasteiger charge is 2.17. The van der Waals surface area contributed by atoms with E-state index in [1.54, 1.807) is 32.6 Å². The Labute approximate surface area is 249 Å². The third-order valence-corrected chi connectivity index (χ3v) is 6.79. The molecule has 3 N–H and O–H groups in total. The summed E-state index contributed by atoms with van der Waals surface area (Å²) in [5.41, 5.74) is 11.9. The molecule has 0 saturated heterocycles. The molecule has 0 radical (unpaired) electrons. The second-order valence-corrected chi connectivity index (χ2v) is 9.86. The zero-order valence-electron chi connectivity index (χ0n) is 24.1. The van der Waals surface area contributed by atoms with E-state index in [-0.39, 0.29) is 31.4 Å². The van der Waals surface area contributed by atoms with E-state index in [9.17, 15) is 4.79 Å². The van der Waals surface area contributed by atoms with Gasteiger partial charge in [-0.1, -0.05) is 30.3 Å². The van der Waals surface area contributed by atoms with Crippen LogP contribution in [0.2, 0.25) is 0 Å². The molecule has 0 aliphatic carbocycles. The fourth-order valence-electron chi connectivity index (χ4n) is 4.73. The van der Waals surface area contributed by atoms with Crippen LogP contribution in [0.3, 0.4) is 0 Å². The average molecular weight is 580 g/mol. The highest BCUT2D eigenvalue weighted by atomic mass is 16.5. The lowest BCUT2D eigenvalue weighted by atomic mass is 10.00. The van der Waals surface area contributed by atoms with Gasteiger partial charge in [0, 0.05) is 35.4 Å². The highest BCUT2D eigenvalue weighted by molar-refractivity contribution is 5.97. The number of fused-ring (bicyclic) bond motifs is 1. The number of carbonyl (C=O) groups excluding carboxylic acids is 1. The normalized spacial score (nSPS) is 10.9. The van der Waals surface area contributed by atoms with Crippen LogP contribution in [-0.4, -0.2) is 30.5 Å². The molecule has 0 atom stereocenters. The molecular weight excluding hydrogens is 546 g/mol. The quantitative estimate of drug-likeness (QED) is 0.0960. The topological polar surface area (TPSA) is 130 Å². The Kier molecular flexibility index (Phi) is 9.33. The number of nitrogens with one attached hydrogen (secondary N) is 1. The van der Waals surface area contributed by atoms with Crippen molar-refractivity contribution in [3.05, 3.63) is 113 Å². The van der Waals surface area contributed by atoms with E-state index >= 15 is 0 Å². The molecule has 9 heteroatoms. The molecule has 5 rings (SSSR count). The van der Waals surface area contributed by atoms with Gasteiger partial charge in [0.2, 0.25) is 0 Å². The smallest absolute Gasteiger partial charge is 0.310 e. The second kappa shape index (κ2) is 13.7. The fourth-order valence-corrected chi connectivity index (χ4v) is 4.73. The Morgan fingerprint density at radius 1 is 0.907 bits per heavy atom. The van der Waals surface area contributed by atoms with Gasteiger partial charge in [-0.05, 0) is 66.1 Å². The number of carbonyl (C=O) groups is 1. The molecule has 0 amide bonds. The maximum Gasteiger partial charge on any atom is 0.310 e. The van der Waals surface area contributed by atoms with Gasteiger partial charge in [0.05, 0.1) is 31.6 Å². The summed E-state index contributed by atoms with van der Waals surface area (Å²) in [6.45, 7) is 2.93. The molecule has 0 spiro atoms. The molecule has 3 aromatic carbocycles. The Morgan fingerprint density at radius 3 is 2.53 bits per heavy atom. The fraction of sp³-hybridized carbons (Fsp3) is 0.206. The number of benzene rings is 3. The molecular formula is C34H33N3O6. The van der Waals surface area contributed by atoms with Crippen molar-refractivity contribution in [1.82, 2.24) is 4.98 Å². The van der Waals surface area contributed by atoms with Gasteiger partial charge in [-0.3, -0.25) is 15.2 Å². The van der Waals surface area contributed by atoms with E-state index in [1.807, 2.05) is 66.7 Å². The van der Waals surface area contributed by atoms with Crippen molar-refractivity contribution in [2.24, 2.45) is 5.73 Å². The van der Waals surface area contributed by atoms with E-state index in [0.29, 0.717) is 41.4 Å². The number of ether oxygens (including phenoxy) is 4. The molecule has 0 unspecified atom stereocenters. The van der Waals surface area contributed by atoms with Crippen molar-refractivity contribution < 1.29 is 28.2 Å². The van der Waals surface area contributed by atoms with Crippen LogP contribution in [0.1, 0.15) is 34.9 Å². The van der Waals surface area contributed by atoms with Gasteiger partial charge in [0.15, 0.2) is 11.3 Å². The summed E-state index contributed by atoms with van der Waals surface area (Å²) in [5.74, 6) is 0.772. The molecule has 0 saturated carbocycles. The minimum Gasteiger partial charge on any atom is -0.488 e. The number of nitrogen functional groups attached to an aromatic ring is 1. The average Bonchev–Trinajstić information content (AvgIpc) is 3.43. The number of aromatic nitrogens is 1. The lowest BCUT2D eigenvalue weighted by molar-refractivity contribution is -0.142. The number of rotatable bonds is 13. The summed E-state index contributed by atoms with van der Waals surface area (Å²) in [5, 5.41) is 8.68. The summed E-state index contributed by atoms with van der Waals surface area (Å²) in [7, 11) is 1.62.